The van der Waals surface area contributed by atoms with Gasteiger partial charge >= 0.3 is 5.97 Å². The molecule has 1 saturated heterocycles. The fraction of sp³-hybridized carbons (Fsp3) is 0.467. The number of carbonyl (C=O) groups excluding carboxylic acids is 1. The van der Waals surface area contributed by atoms with Gasteiger partial charge in [0.25, 0.3) is 0 Å². The van der Waals surface area contributed by atoms with Crippen molar-refractivity contribution in [1.82, 2.24) is 4.90 Å². The van der Waals surface area contributed by atoms with Crippen LogP contribution >= 0.6 is 11.8 Å². The molecular weight excluding hydrogens is 290 g/mol. The van der Waals surface area contributed by atoms with Crippen molar-refractivity contribution in [3.8, 4) is 0 Å². The van der Waals surface area contributed by atoms with E-state index in [1.807, 2.05) is 25.1 Å². The number of nitrogens with zero attached hydrogens (tertiary/aromatic N) is 1. The van der Waals surface area contributed by atoms with Crippen LogP contribution in [0.1, 0.15) is 17.5 Å². The first-order chi connectivity index (χ1) is 9.97. The number of rotatable bonds is 5. The molecule has 0 saturated carbocycles. The number of carboxylic acids is 1. The van der Waals surface area contributed by atoms with E-state index in [2.05, 4.69) is 6.07 Å². The van der Waals surface area contributed by atoms with Gasteiger partial charge in [-0.1, -0.05) is 29.8 Å². The molecule has 0 aliphatic carbocycles. The minimum absolute atomic E-state index is 0.112. The van der Waals surface area contributed by atoms with E-state index in [0.29, 0.717) is 5.75 Å². The Morgan fingerprint density at radius 1 is 1.43 bits per heavy atom. The number of aliphatic hydroxyl groups excluding tert-OH is 1. The molecule has 1 fully saturated rings. The average molecular weight is 309 g/mol. The van der Waals surface area contributed by atoms with Crippen LogP contribution < -0.4 is 0 Å². The molecule has 0 bridgehead atoms. The third-order valence-corrected chi connectivity index (χ3v) is 4.45. The lowest BCUT2D eigenvalue weighted by molar-refractivity contribution is -0.147. The maximum absolute atomic E-state index is 12.1. The molecule has 1 aromatic rings. The number of thioether (sulfide) groups is 1. The topological polar surface area (TPSA) is 77.8 Å². The number of hydrogen-bond donors (Lipinski definition) is 2. The van der Waals surface area contributed by atoms with Gasteiger partial charge < -0.3 is 15.1 Å². The third-order valence-electron chi connectivity index (χ3n) is 3.46. The van der Waals surface area contributed by atoms with Crippen molar-refractivity contribution in [2.75, 3.05) is 12.3 Å². The highest BCUT2D eigenvalue weighted by molar-refractivity contribution is 7.99. The highest BCUT2D eigenvalue weighted by Crippen LogP contribution is 2.21. The number of benzene rings is 1. The summed E-state index contributed by atoms with van der Waals surface area (Å²) < 4.78 is 0. The van der Waals surface area contributed by atoms with Crippen molar-refractivity contribution in [1.29, 1.82) is 0 Å². The van der Waals surface area contributed by atoms with Crippen molar-refractivity contribution in [3.05, 3.63) is 35.4 Å². The smallest absolute Gasteiger partial charge is 0.326 e. The fourth-order valence-electron chi connectivity index (χ4n) is 2.46. The molecule has 5 nitrogen and oxygen atoms in total. The Kier molecular flexibility index (Phi) is 5.25. The van der Waals surface area contributed by atoms with Crippen molar-refractivity contribution in [2.45, 2.75) is 31.2 Å². The van der Waals surface area contributed by atoms with Gasteiger partial charge in [-0.2, -0.15) is 0 Å². The second kappa shape index (κ2) is 6.95. The molecule has 1 heterocycles. The van der Waals surface area contributed by atoms with E-state index in [-0.39, 0.29) is 24.6 Å². The Hall–Kier alpha value is -1.53. The highest BCUT2D eigenvalue weighted by atomic mass is 32.2. The number of aryl methyl sites for hydroxylation is 1. The Labute approximate surface area is 128 Å². The van der Waals surface area contributed by atoms with Crippen LogP contribution in [0, 0.1) is 6.92 Å². The third kappa shape index (κ3) is 4.22. The van der Waals surface area contributed by atoms with Gasteiger partial charge in [-0.15, -0.1) is 11.8 Å². The largest absolute Gasteiger partial charge is 0.480 e. The number of hydrogen-bond acceptors (Lipinski definition) is 4. The first-order valence-electron chi connectivity index (χ1n) is 6.81. The summed E-state index contributed by atoms with van der Waals surface area (Å²) in [5.74, 6) is -0.341. The summed E-state index contributed by atoms with van der Waals surface area (Å²) in [6.45, 7) is 2.13. The lowest BCUT2D eigenvalue weighted by atomic mass is 10.2. The van der Waals surface area contributed by atoms with Crippen LogP contribution in [0.25, 0.3) is 0 Å². The molecule has 0 spiro atoms. The molecule has 6 heteroatoms. The van der Waals surface area contributed by atoms with Crippen molar-refractivity contribution < 1.29 is 19.8 Å². The molecule has 0 aromatic heterocycles. The Morgan fingerprint density at radius 3 is 2.86 bits per heavy atom. The van der Waals surface area contributed by atoms with E-state index >= 15 is 0 Å². The maximum Gasteiger partial charge on any atom is 0.326 e. The number of aliphatic hydroxyl groups is 1. The van der Waals surface area contributed by atoms with E-state index in [9.17, 15) is 14.7 Å². The first-order valence-corrected chi connectivity index (χ1v) is 7.96. The normalized spacial score (nSPS) is 21.5. The summed E-state index contributed by atoms with van der Waals surface area (Å²) in [6.07, 6.45) is -0.624. The van der Waals surface area contributed by atoms with Gasteiger partial charge in [0.05, 0.1) is 11.9 Å². The lowest BCUT2D eigenvalue weighted by Crippen LogP contribution is -2.41. The van der Waals surface area contributed by atoms with E-state index in [1.54, 1.807) is 0 Å². The molecule has 0 radical (unpaired) electrons. The van der Waals surface area contributed by atoms with E-state index in [1.165, 1.54) is 22.2 Å². The summed E-state index contributed by atoms with van der Waals surface area (Å²) in [5.41, 5.74) is 2.32. The van der Waals surface area contributed by atoms with Crippen LogP contribution in [-0.4, -0.2) is 51.4 Å². The fourth-order valence-corrected chi connectivity index (χ4v) is 3.32. The van der Waals surface area contributed by atoms with Gasteiger partial charge in [-0.3, -0.25) is 4.79 Å². The zero-order valence-corrected chi connectivity index (χ0v) is 12.7. The Bertz CT molecular complexity index is 534. The van der Waals surface area contributed by atoms with Crippen LogP contribution in [-0.2, 0) is 15.3 Å². The SMILES string of the molecule is Cc1cccc(CSCC(=O)N2C[C@H](O)C[C@H]2C(=O)O)c1. The Morgan fingerprint density at radius 2 is 2.19 bits per heavy atom. The zero-order chi connectivity index (χ0) is 15.4. The average Bonchev–Trinajstić information content (AvgIpc) is 2.81. The second-order valence-electron chi connectivity index (χ2n) is 5.27. The number of β-amino-alcohol motifs (C(OH)–C–C–N with tert-alkyl or cyclic N) is 1. The van der Waals surface area contributed by atoms with Crippen molar-refractivity contribution in [2.24, 2.45) is 0 Å². The summed E-state index contributed by atoms with van der Waals surface area (Å²) >= 11 is 1.46. The van der Waals surface area contributed by atoms with Gasteiger partial charge in [0.2, 0.25) is 5.91 Å². The maximum atomic E-state index is 12.1. The van der Waals surface area contributed by atoms with Gasteiger partial charge in [0.1, 0.15) is 6.04 Å². The van der Waals surface area contributed by atoms with Crippen LogP contribution in [0.4, 0.5) is 0 Å². The highest BCUT2D eigenvalue weighted by Gasteiger charge is 2.38. The predicted octanol–water partition coefficient (Wildman–Crippen LogP) is 1.27. The number of carbonyl (C=O) groups is 2. The number of aliphatic carboxylic acids is 1. The van der Waals surface area contributed by atoms with Gasteiger partial charge in [-0.25, -0.2) is 4.79 Å². The molecular formula is C15H19NO4S. The molecule has 2 N–H and O–H groups in total. The summed E-state index contributed by atoms with van der Waals surface area (Å²) in [4.78, 5) is 24.5. The molecule has 1 aliphatic rings. The van der Waals surface area contributed by atoms with Crippen molar-refractivity contribution >= 4 is 23.6 Å². The van der Waals surface area contributed by atoms with E-state index < -0.39 is 18.1 Å². The molecule has 2 atom stereocenters. The number of amides is 1. The molecule has 1 amide bonds. The minimum atomic E-state index is -1.05. The predicted molar refractivity (Wildman–Crippen MR) is 81.1 cm³/mol. The number of likely N-dealkylation sites (tertiary alicyclic amines) is 1. The molecule has 0 unspecified atom stereocenters. The van der Waals surface area contributed by atoms with Crippen molar-refractivity contribution in [3.63, 3.8) is 0 Å². The molecule has 1 aromatic carbocycles. The van der Waals surface area contributed by atoms with Gasteiger partial charge in [-0.05, 0) is 12.5 Å². The van der Waals surface area contributed by atoms with E-state index in [4.69, 9.17) is 5.11 Å². The summed E-state index contributed by atoms with van der Waals surface area (Å²) in [7, 11) is 0. The second-order valence-corrected chi connectivity index (χ2v) is 6.26. The van der Waals surface area contributed by atoms with Crippen LogP contribution in [0.5, 0.6) is 0 Å². The lowest BCUT2D eigenvalue weighted by Gasteiger charge is -2.20. The molecule has 2 rings (SSSR count). The quantitative estimate of drug-likeness (QED) is 0.856. The minimum Gasteiger partial charge on any atom is -0.480 e. The Balaban J connectivity index is 1.85. The molecule has 1 aliphatic heterocycles. The molecule has 21 heavy (non-hydrogen) atoms. The van der Waals surface area contributed by atoms with E-state index in [0.717, 1.165) is 5.56 Å². The van der Waals surface area contributed by atoms with Crippen LogP contribution in [0.3, 0.4) is 0 Å². The van der Waals surface area contributed by atoms with Crippen LogP contribution in [0.15, 0.2) is 24.3 Å². The zero-order valence-electron chi connectivity index (χ0n) is 11.9. The summed E-state index contributed by atoms with van der Waals surface area (Å²) in [6, 6.07) is 7.17. The summed E-state index contributed by atoms with van der Waals surface area (Å²) in [5, 5.41) is 18.6. The first kappa shape index (κ1) is 15.9. The number of carboxylic acid groups (broad SMARTS) is 1. The standard InChI is InChI=1S/C15H19NO4S/c1-10-3-2-4-11(5-10)8-21-9-14(18)16-7-12(17)6-13(16)15(19)20/h2-5,12-13,17H,6-9H2,1H3,(H,19,20)/t12-,13+/m1/s1. The monoisotopic (exact) mass is 309 g/mol. The van der Waals surface area contributed by atoms with Crippen LogP contribution in [0.2, 0.25) is 0 Å². The van der Waals surface area contributed by atoms with Gasteiger partial charge in [0, 0.05) is 18.7 Å². The molecule has 114 valence electrons. The van der Waals surface area contributed by atoms with Gasteiger partial charge in [0.15, 0.2) is 0 Å².